The summed E-state index contributed by atoms with van der Waals surface area (Å²) in [5, 5.41) is 7.20. The number of anilines is 1. The second-order valence-corrected chi connectivity index (χ2v) is 11.7. The van der Waals surface area contributed by atoms with E-state index in [0.29, 0.717) is 18.5 Å². The van der Waals surface area contributed by atoms with Crippen LogP contribution in [-0.2, 0) is 9.84 Å². The van der Waals surface area contributed by atoms with E-state index >= 15 is 0 Å². The lowest BCUT2D eigenvalue weighted by molar-refractivity contribution is 0.0949. The van der Waals surface area contributed by atoms with Crippen LogP contribution >= 0.6 is 22.7 Å². The average molecular weight is 451 g/mol. The van der Waals surface area contributed by atoms with Gasteiger partial charge >= 0.3 is 0 Å². The third kappa shape index (κ3) is 4.44. The number of nitrogens with zero attached hydrogens (tertiary/aromatic N) is 2. The summed E-state index contributed by atoms with van der Waals surface area (Å²) in [6, 6.07) is 2.19. The molecule has 1 atom stereocenters. The highest BCUT2D eigenvalue weighted by molar-refractivity contribution is 7.91. The van der Waals surface area contributed by atoms with Crippen molar-refractivity contribution < 1.29 is 13.2 Å². The van der Waals surface area contributed by atoms with Crippen molar-refractivity contribution in [3.8, 4) is 9.75 Å². The molecule has 1 fully saturated rings. The maximum Gasteiger partial charge on any atom is 0.254 e. The van der Waals surface area contributed by atoms with Crippen molar-refractivity contribution in [3.63, 3.8) is 0 Å². The zero-order valence-electron chi connectivity index (χ0n) is 16.1. The maximum absolute atomic E-state index is 12.9. The molecule has 1 aliphatic rings. The predicted octanol–water partition coefficient (Wildman–Crippen LogP) is 3.40. The highest BCUT2D eigenvalue weighted by atomic mass is 32.2. The molecular formula is C19H22N4O3S3. The van der Waals surface area contributed by atoms with E-state index in [2.05, 4.69) is 20.6 Å². The fourth-order valence-corrected chi connectivity index (χ4v) is 7.01. The van der Waals surface area contributed by atoms with Crippen LogP contribution in [0.5, 0.6) is 0 Å². The lowest BCUT2D eigenvalue weighted by atomic mass is 10.1. The van der Waals surface area contributed by atoms with Gasteiger partial charge in [-0.2, -0.15) is 0 Å². The molecule has 29 heavy (non-hydrogen) atoms. The first-order chi connectivity index (χ1) is 13.8. The van der Waals surface area contributed by atoms with E-state index in [1.54, 1.807) is 34.4 Å². The molecule has 4 rings (SSSR count). The van der Waals surface area contributed by atoms with Crippen LogP contribution in [0.25, 0.3) is 20.0 Å². The number of thiophene rings is 1. The molecule has 0 radical (unpaired) electrons. The normalized spacial score (nSPS) is 18.4. The number of amides is 1. The number of aromatic nitrogens is 2. The molecule has 1 saturated heterocycles. The van der Waals surface area contributed by atoms with Gasteiger partial charge in [-0.25, -0.2) is 13.4 Å². The van der Waals surface area contributed by atoms with Crippen LogP contribution in [0.4, 0.5) is 5.69 Å². The largest absolute Gasteiger partial charge is 0.382 e. The molecule has 3 aromatic rings. The van der Waals surface area contributed by atoms with E-state index in [4.69, 9.17) is 0 Å². The zero-order chi connectivity index (χ0) is 20.6. The molecule has 10 heteroatoms. The fraction of sp³-hybridized carbons (Fsp3) is 0.421. The second kappa shape index (κ2) is 8.00. The molecule has 0 bridgehead atoms. The van der Waals surface area contributed by atoms with Crippen LogP contribution in [0.15, 0.2) is 24.0 Å². The SMILES string of the molecule is CC(C)Nc1c(C(=O)NCC2CCS(=O)(=O)C2)cnc2sc(-c3cncs3)cc12. The standard InChI is InChI=1S/C19H22N4O3S3/c1-11(2)23-17-13-5-15(16-8-20-10-27-16)28-19(13)22-7-14(17)18(24)21-6-12-3-4-29(25,26)9-12/h5,7-8,10-12H,3-4,6,9H2,1-2H3,(H,21,24)(H,22,23). The Morgan fingerprint density at radius 3 is 2.79 bits per heavy atom. The van der Waals surface area contributed by atoms with Crippen molar-refractivity contribution in [1.82, 2.24) is 15.3 Å². The molecule has 0 aromatic carbocycles. The first kappa shape index (κ1) is 20.2. The van der Waals surface area contributed by atoms with E-state index < -0.39 is 9.84 Å². The van der Waals surface area contributed by atoms with Crippen LogP contribution in [0.1, 0.15) is 30.6 Å². The van der Waals surface area contributed by atoms with Crippen LogP contribution < -0.4 is 10.6 Å². The molecule has 7 nitrogen and oxygen atoms in total. The van der Waals surface area contributed by atoms with Gasteiger partial charge in [0.25, 0.3) is 5.91 Å². The van der Waals surface area contributed by atoms with Crippen molar-refractivity contribution in [2.24, 2.45) is 5.92 Å². The van der Waals surface area contributed by atoms with Crippen LogP contribution in [0.3, 0.4) is 0 Å². The van der Waals surface area contributed by atoms with Crippen LogP contribution in [0.2, 0.25) is 0 Å². The highest BCUT2D eigenvalue weighted by Gasteiger charge is 2.28. The Kier molecular flexibility index (Phi) is 5.58. The Bertz CT molecular complexity index is 1140. The van der Waals surface area contributed by atoms with E-state index in [0.717, 1.165) is 25.7 Å². The number of hydrogen-bond acceptors (Lipinski definition) is 8. The molecule has 3 aromatic heterocycles. The summed E-state index contributed by atoms with van der Waals surface area (Å²) in [7, 11) is -2.96. The van der Waals surface area contributed by atoms with Gasteiger partial charge in [0.2, 0.25) is 0 Å². The first-order valence-corrected chi connectivity index (χ1v) is 12.9. The number of pyridine rings is 1. The molecule has 154 valence electrons. The molecule has 1 unspecified atom stereocenters. The van der Waals surface area contributed by atoms with Crippen molar-refractivity contribution in [1.29, 1.82) is 0 Å². The quantitative estimate of drug-likeness (QED) is 0.597. The minimum absolute atomic E-state index is 0.0266. The van der Waals surface area contributed by atoms with Gasteiger partial charge in [-0.3, -0.25) is 9.78 Å². The van der Waals surface area contributed by atoms with Crippen molar-refractivity contribution in [2.45, 2.75) is 26.3 Å². The lowest BCUT2D eigenvalue weighted by Crippen LogP contribution is -2.30. The number of nitrogens with one attached hydrogen (secondary N) is 2. The van der Waals surface area contributed by atoms with E-state index in [-0.39, 0.29) is 29.4 Å². The average Bonchev–Trinajstić information content (AvgIpc) is 3.38. The number of hydrogen-bond donors (Lipinski definition) is 2. The molecule has 4 heterocycles. The summed E-state index contributed by atoms with van der Waals surface area (Å²) in [6.07, 6.45) is 4.02. The number of carbonyl (C=O) groups excluding carboxylic acids is 1. The van der Waals surface area contributed by atoms with Crippen molar-refractivity contribution in [3.05, 3.63) is 29.5 Å². The van der Waals surface area contributed by atoms with E-state index in [1.165, 1.54) is 0 Å². The summed E-state index contributed by atoms with van der Waals surface area (Å²) in [5.74, 6) is 0.0829. The van der Waals surface area contributed by atoms with Crippen molar-refractivity contribution >= 4 is 54.3 Å². The van der Waals surface area contributed by atoms with Gasteiger partial charge in [-0.05, 0) is 32.3 Å². The van der Waals surface area contributed by atoms with E-state index in [9.17, 15) is 13.2 Å². The van der Waals surface area contributed by atoms with Gasteiger partial charge in [0, 0.05) is 35.2 Å². The Labute approximate surface area is 177 Å². The van der Waals surface area contributed by atoms with Gasteiger partial charge in [-0.15, -0.1) is 22.7 Å². The van der Waals surface area contributed by atoms with Gasteiger partial charge in [0.15, 0.2) is 9.84 Å². The Morgan fingerprint density at radius 2 is 2.14 bits per heavy atom. The number of fused-ring (bicyclic) bond motifs is 1. The molecule has 2 N–H and O–H groups in total. The monoisotopic (exact) mass is 450 g/mol. The third-order valence-electron chi connectivity index (χ3n) is 4.79. The fourth-order valence-electron chi connectivity index (χ4n) is 3.43. The Morgan fingerprint density at radius 1 is 1.31 bits per heavy atom. The molecule has 1 amide bonds. The second-order valence-electron chi connectivity index (χ2n) is 7.52. The lowest BCUT2D eigenvalue weighted by Gasteiger charge is -2.16. The predicted molar refractivity (Wildman–Crippen MR) is 119 cm³/mol. The smallest absolute Gasteiger partial charge is 0.254 e. The van der Waals surface area contributed by atoms with Crippen molar-refractivity contribution in [2.75, 3.05) is 23.4 Å². The summed E-state index contributed by atoms with van der Waals surface area (Å²) in [6.45, 7) is 4.40. The molecular weight excluding hydrogens is 428 g/mol. The Hall–Kier alpha value is -2.04. The Balaban J connectivity index is 1.63. The van der Waals surface area contributed by atoms with Gasteiger partial charge < -0.3 is 10.6 Å². The molecule has 0 aliphatic carbocycles. The minimum Gasteiger partial charge on any atom is -0.382 e. The van der Waals surface area contributed by atoms with E-state index in [1.807, 2.05) is 26.1 Å². The van der Waals surface area contributed by atoms with Gasteiger partial charge in [-0.1, -0.05) is 0 Å². The zero-order valence-corrected chi connectivity index (χ0v) is 18.6. The number of sulfone groups is 1. The summed E-state index contributed by atoms with van der Waals surface area (Å²) in [5.41, 5.74) is 3.02. The topological polar surface area (TPSA) is 101 Å². The number of thiazole rings is 1. The molecule has 0 saturated carbocycles. The van der Waals surface area contributed by atoms with Crippen LogP contribution in [0, 0.1) is 5.92 Å². The summed E-state index contributed by atoms with van der Waals surface area (Å²) in [4.78, 5) is 24.5. The maximum atomic E-state index is 12.9. The summed E-state index contributed by atoms with van der Waals surface area (Å²) < 4.78 is 23.3. The molecule has 1 aliphatic heterocycles. The van der Waals surface area contributed by atoms with Gasteiger partial charge in [0.05, 0.1) is 33.1 Å². The third-order valence-corrected chi connectivity index (χ3v) is 8.64. The highest BCUT2D eigenvalue weighted by Crippen LogP contribution is 2.38. The number of carbonyl (C=O) groups is 1. The number of rotatable bonds is 6. The van der Waals surface area contributed by atoms with Crippen LogP contribution in [-0.4, -0.2) is 48.4 Å². The minimum atomic E-state index is -2.96. The van der Waals surface area contributed by atoms with Gasteiger partial charge in [0.1, 0.15) is 4.83 Å². The summed E-state index contributed by atoms with van der Waals surface area (Å²) >= 11 is 3.14. The first-order valence-electron chi connectivity index (χ1n) is 9.39. The molecule has 0 spiro atoms.